The minimum absolute atomic E-state index is 0.464. The van der Waals surface area contributed by atoms with Crippen LogP contribution in [0.15, 0.2) is 58.5 Å². The van der Waals surface area contributed by atoms with Crippen LogP contribution in [0.3, 0.4) is 0 Å². The third kappa shape index (κ3) is 3.75. The fraction of sp³-hybridized carbons (Fsp3) is 0.524. The number of sulfone groups is 1. The summed E-state index contributed by atoms with van der Waals surface area (Å²) in [4.78, 5) is 2.93. The molecule has 0 aromatic heterocycles. The molecule has 0 saturated carbocycles. The average Bonchev–Trinajstić information content (AvgIpc) is 3.09. The molecule has 0 spiro atoms. The highest BCUT2D eigenvalue weighted by atomic mass is 32.2. The van der Waals surface area contributed by atoms with Crippen LogP contribution < -0.4 is 0 Å². The van der Waals surface area contributed by atoms with E-state index in [1.807, 2.05) is 30.4 Å². The number of allylic oxidation sites excluding steroid dienone is 2. The van der Waals surface area contributed by atoms with E-state index in [1.54, 1.807) is 12.1 Å². The zero-order valence-electron chi connectivity index (χ0n) is 15.4. The highest BCUT2D eigenvalue weighted by Gasteiger charge is 2.44. The van der Waals surface area contributed by atoms with Crippen LogP contribution in [-0.4, -0.2) is 37.7 Å². The summed E-state index contributed by atoms with van der Waals surface area (Å²) in [5, 5.41) is 0. The number of rotatable bonds is 6. The molecule has 1 heterocycles. The van der Waals surface area contributed by atoms with Crippen LogP contribution in [0, 0.1) is 0 Å². The minimum atomic E-state index is -3.31. The third-order valence-electron chi connectivity index (χ3n) is 5.87. The molecule has 4 heteroatoms. The molecule has 0 fully saturated rings. The SMILES string of the molecule is CC1=C(C)CN(CCCC2(S(=O)(=O)c3ccccc3)CC=CC2)CC1. The maximum absolute atomic E-state index is 13.3. The molecule has 1 aromatic rings. The maximum atomic E-state index is 13.3. The molecule has 3 nitrogen and oxygen atoms in total. The summed E-state index contributed by atoms with van der Waals surface area (Å²) in [5.41, 5.74) is 2.99. The third-order valence-corrected chi connectivity index (χ3v) is 8.44. The minimum Gasteiger partial charge on any atom is -0.299 e. The predicted octanol–water partition coefficient (Wildman–Crippen LogP) is 4.37. The Bertz CT molecular complexity index is 754. The van der Waals surface area contributed by atoms with E-state index in [9.17, 15) is 8.42 Å². The number of nitrogens with zero attached hydrogens (tertiary/aromatic N) is 1. The largest absolute Gasteiger partial charge is 0.299 e. The normalized spacial score (nSPS) is 21.0. The van der Waals surface area contributed by atoms with Crippen LogP contribution in [0.1, 0.15) is 46.0 Å². The fourth-order valence-corrected chi connectivity index (χ4v) is 6.05. The van der Waals surface area contributed by atoms with Gasteiger partial charge in [0.05, 0.1) is 9.64 Å². The van der Waals surface area contributed by atoms with Crippen LogP contribution >= 0.6 is 0 Å². The molecule has 0 radical (unpaired) electrons. The lowest BCUT2D eigenvalue weighted by molar-refractivity contribution is 0.273. The molecule has 0 N–H and O–H groups in total. The van der Waals surface area contributed by atoms with E-state index < -0.39 is 14.6 Å². The average molecular weight is 360 g/mol. The number of hydrogen-bond acceptors (Lipinski definition) is 3. The molecule has 3 rings (SSSR count). The van der Waals surface area contributed by atoms with Gasteiger partial charge in [-0.15, -0.1) is 0 Å². The zero-order chi connectivity index (χ0) is 17.9. The Hall–Kier alpha value is -1.39. The van der Waals surface area contributed by atoms with E-state index in [0.717, 1.165) is 38.9 Å². The summed E-state index contributed by atoms with van der Waals surface area (Å²) >= 11 is 0. The van der Waals surface area contributed by atoms with Crippen molar-refractivity contribution < 1.29 is 8.42 Å². The molecule has 1 aliphatic carbocycles. The zero-order valence-corrected chi connectivity index (χ0v) is 16.2. The first-order valence-electron chi connectivity index (χ1n) is 9.27. The van der Waals surface area contributed by atoms with Crippen LogP contribution in [-0.2, 0) is 9.84 Å². The molecular formula is C21H29NO2S. The molecule has 0 bridgehead atoms. The van der Waals surface area contributed by atoms with Gasteiger partial charge in [-0.2, -0.15) is 0 Å². The first-order chi connectivity index (χ1) is 11.9. The molecule has 1 aromatic carbocycles. The molecular weight excluding hydrogens is 330 g/mol. The standard InChI is InChI=1S/C21H29NO2S/c1-18-11-16-22(17-19(18)2)15-8-14-21(12-6-7-13-21)25(23,24)20-9-4-3-5-10-20/h3-7,9-10H,8,11-17H2,1-2H3. The van der Waals surface area contributed by atoms with Crippen LogP contribution in [0.5, 0.6) is 0 Å². The van der Waals surface area contributed by atoms with Crippen molar-refractivity contribution in [2.75, 3.05) is 19.6 Å². The topological polar surface area (TPSA) is 37.4 Å². The lowest BCUT2D eigenvalue weighted by Crippen LogP contribution is -2.38. The smallest absolute Gasteiger partial charge is 0.184 e. The van der Waals surface area contributed by atoms with Gasteiger partial charge >= 0.3 is 0 Å². The van der Waals surface area contributed by atoms with Crippen molar-refractivity contribution >= 4 is 9.84 Å². The molecule has 2 aliphatic rings. The Morgan fingerprint density at radius 2 is 1.72 bits per heavy atom. The summed E-state index contributed by atoms with van der Waals surface area (Å²) in [6.45, 7) is 7.54. The summed E-state index contributed by atoms with van der Waals surface area (Å²) in [6.07, 6.45) is 8.16. The Labute approximate surface area is 152 Å². The second-order valence-electron chi connectivity index (χ2n) is 7.57. The molecule has 0 atom stereocenters. The van der Waals surface area contributed by atoms with Gasteiger partial charge in [-0.05, 0) is 64.6 Å². The second kappa shape index (κ2) is 7.46. The van der Waals surface area contributed by atoms with Gasteiger partial charge in [-0.3, -0.25) is 4.90 Å². The van der Waals surface area contributed by atoms with Crippen molar-refractivity contribution in [3.63, 3.8) is 0 Å². The van der Waals surface area contributed by atoms with Crippen molar-refractivity contribution in [3.05, 3.63) is 53.6 Å². The summed E-state index contributed by atoms with van der Waals surface area (Å²) < 4.78 is 25.9. The summed E-state index contributed by atoms with van der Waals surface area (Å²) in [5.74, 6) is 0. The van der Waals surface area contributed by atoms with Gasteiger partial charge in [0.25, 0.3) is 0 Å². The Morgan fingerprint density at radius 1 is 1.04 bits per heavy atom. The lowest BCUT2D eigenvalue weighted by atomic mass is 9.98. The Balaban J connectivity index is 1.68. The predicted molar refractivity (Wildman–Crippen MR) is 103 cm³/mol. The fourth-order valence-electron chi connectivity index (χ4n) is 3.99. The summed E-state index contributed by atoms with van der Waals surface area (Å²) in [7, 11) is -3.31. The van der Waals surface area contributed by atoms with E-state index in [-0.39, 0.29) is 0 Å². The van der Waals surface area contributed by atoms with Gasteiger partial charge < -0.3 is 0 Å². The van der Waals surface area contributed by atoms with Gasteiger partial charge in [0.2, 0.25) is 0 Å². The maximum Gasteiger partial charge on any atom is 0.184 e. The Morgan fingerprint density at radius 3 is 2.36 bits per heavy atom. The van der Waals surface area contributed by atoms with Gasteiger partial charge in [-0.25, -0.2) is 8.42 Å². The van der Waals surface area contributed by atoms with Gasteiger partial charge in [0, 0.05) is 13.1 Å². The van der Waals surface area contributed by atoms with Crippen LogP contribution in [0.4, 0.5) is 0 Å². The molecule has 0 saturated heterocycles. The molecule has 1 aliphatic heterocycles. The highest BCUT2D eigenvalue weighted by Crippen LogP contribution is 2.40. The van der Waals surface area contributed by atoms with Crippen molar-refractivity contribution in [1.29, 1.82) is 0 Å². The quantitative estimate of drug-likeness (QED) is 0.708. The van der Waals surface area contributed by atoms with Crippen molar-refractivity contribution in [2.24, 2.45) is 0 Å². The Kier molecular flexibility index (Phi) is 5.49. The highest BCUT2D eigenvalue weighted by molar-refractivity contribution is 7.92. The number of hydrogen-bond donors (Lipinski definition) is 0. The van der Waals surface area contributed by atoms with Crippen LogP contribution in [0.2, 0.25) is 0 Å². The van der Waals surface area contributed by atoms with Crippen LogP contribution in [0.25, 0.3) is 0 Å². The van der Waals surface area contributed by atoms with E-state index in [1.165, 1.54) is 11.1 Å². The van der Waals surface area contributed by atoms with Crippen molar-refractivity contribution in [1.82, 2.24) is 4.90 Å². The first kappa shape index (κ1) is 18.4. The van der Waals surface area contributed by atoms with Gasteiger partial charge in [0.15, 0.2) is 9.84 Å². The lowest BCUT2D eigenvalue weighted by Gasteiger charge is -2.32. The molecule has 0 amide bonds. The first-order valence-corrected chi connectivity index (χ1v) is 10.8. The second-order valence-corrected chi connectivity index (χ2v) is 9.91. The molecule has 25 heavy (non-hydrogen) atoms. The van der Waals surface area contributed by atoms with E-state index in [2.05, 4.69) is 18.7 Å². The van der Waals surface area contributed by atoms with Crippen molar-refractivity contribution in [2.45, 2.75) is 55.6 Å². The van der Waals surface area contributed by atoms with E-state index in [0.29, 0.717) is 17.7 Å². The van der Waals surface area contributed by atoms with E-state index >= 15 is 0 Å². The molecule has 0 unspecified atom stereocenters. The van der Waals surface area contributed by atoms with Gasteiger partial charge in [-0.1, -0.05) is 41.5 Å². The van der Waals surface area contributed by atoms with Gasteiger partial charge in [0.1, 0.15) is 0 Å². The van der Waals surface area contributed by atoms with Crippen molar-refractivity contribution in [3.8, 4) is 0 Å². The molecule has 136 valence electrons. The monoisotopic (exact) mass is 359 g/mol. The van der Waals surface area contributed by atoms with E-state index in [4.69, 9.17) is 0 Å². The number of benzene rings is 1. The summed E-state index contributed by atoms with van der Waals surface area (Å²) in [6, 6.07) is 8.96.